The zero-order chi connectivity index (χ0) is 16.5. The van der Waals surface area contributed by atoms with Gasteiger partial charge in [0.2, 0.25) is 0 Å². The van der Waals surface area contributed by atoms with E-state index in [9.17, 15) is 9.18 Å². The van der Waals surface area contributed by atoms with Gasteiger partial charge in [-0.1, -0.05) is 18.2 Å². The number of hydrogen-bond acceptors (Lipinski definition) is 3. The normalized spacial score (nSPS) is 18.7. The minimum Gasteiger partial charge on any atom is -0.321 e. The number of nitrogens with zero attached hydrogens (tertiary/aromatic N) is 2. The molecule has 0 atom stereocenters. The molecule has 24 heavy (non-hydrogen) atoms. The summed E-state index contributed by atoms with van der Waals surface area (Å²) in [5.74, 6) is -0.542. The van der Waals surface area contributed by atoms with Gasteiger partial charge in [-0.15, -0.1) is 0 Å². The SMILES string of the molecule is O=C1Nc2ccc(F)cc2C1=CN(c1ccccc1)N1CCCC1. The molecule has 2 aromatic rings. The van der Waals surface area contributed by atoms with Crippen LogP contribution in [0.2, 0.25) is 0 Å². The zero-order valence-corrected chi connectivity index (χ0v) is 13.2. The smallest absolute Gasteiger partial charge is 0.257 e. The fourth-order valence-corrected chi connectivity index (χ4v) is 3.23. The van der Waals surface area contributed by atoms with E-state index >= 15 is 0 Å². The van der Waals surface area contributed by atoms with E-state index in [2.05, 4.69) is 10.3 Å². The van der Waals surface area contributed by atoms with E-state index < -0.39 is 0 Å². The second-order valence-electron chi connectivity index (χ2n) is 6.03. The van der Waals surface area contributed by atoms with E-state index in [1.165, 1.54) is 12.1 Å². The second kappa shape index (κ2) is 6.09. The van der Waals surface area contributed by atoms with Crippen LogP contribution in [0.1, 0.15) is 18.4 Å². The van der Waals surface area contributed by atoms with Crippen LogP contribution in [0.5, 0.6) is 0 Å². The molecule has 4 rings (SSSR count). The van der Waals surface area contributed by atoms with Crippen molar-refractivity contribution in [2.24, 2.45) is 0 Å². The molecule has 0 radical (unpaired) electrons. The Labute approximate surface area is 140 Å². The molecular weight excluding hydrogens is 305 g/mol. The Morgan fingerprint density at radius 1 is 1.08 bits per heavy atom. The summed E-state index contributed by atoms with van der Waals surface area (Å²) < 4.78 is 13.6. The van der Waals surface area contributed by atoms with Gasteiger partial charge in [0.05, 0.1) is 11.3 Å². The van der Waals surface area contributed by atoms with E-state index in [4.69, 9.17) is 0 Å². The standard InChI is InChI=1S/C19H18FN3O/c20-14-8-9-18-16(12-14)17(19(24)21-18)13-23(22-10-4-5-11-22)15-6-2-1-3-7-15/h1-3,6-9,12-13H,4-5,10-11H2,(H,21,24). The summed E-state index contributed by atoms with van der Waals surface area (Å²) in [5, 5.41) is 7.03. The lowest BCUT2D eigenvalue weighted by Gasteiger charge is -2.31. The van der Waals surface area contributed by atoms with Crippen LogP contribution < -0.4 is 10.3 Å². The number of hydrogen-bond donors (Lipinski definition) is 1. The first kappa shape index (κ1) is 14.9. The highest BCUT2D eigenvalue weighted by Gasteiger charge is 2.27. The lowest BCUT2D eigenvalue weighted by Crippen LogP contribution is -2.37. The van der Waals surface area contributed by atoms with Crippen LogP contribution >= 0.6 is 0 Å². The molecule has 4 nitrogen and oxygen atoms in total. The van der Waals surface area contributed by atoms with E-state index in [0.29, 0.717) is 16.8 Å². The number of amides is 1. The third-order valence-corrected chi connectivity index (χ3v) is 4.42. The van der Waals surface area contributed by atoms with Gasteiger partial charge in [-0.25, -0.2) is 9.40 Å². The Bertz CT molecular complexity index is 798. The third-order valence-electron chi connectivity index (χ3n) is 4.42. The van der Waals surface area contributed by atoms with Crippen LogP contribution in [0.25, 0.3) is 5.57 Å². The summed E-state index contributed by atoms with van der Waals surface area (Å²) in [6, 6.07) is 14.3. The van der Waals surface area contributed by atoms with Crippen LogP contribution in [0.15, 0.2) is 54.7 Å². The van der Waals surface area contributed by atoms with Crippen molar-refractivity contribution in [1.29, 1.82) is 0 Å². The van der Waals surface area contributed by atoms with E-state index in [1.807, 2.05) is 41.5 Å². The molecule has 1 N–H and O–H groups in total. The Morgan fingerprint density at radius 3 is 2.58 bits per heavy atom. The zero-order valence-electron chi connectivity index (χ0n) is 13.2. The summed E-state index contributed by atoms with van der Waals surface area (Å²) in [7, 11) is 0. The van der Waals surface area contributed by atoms with Gasteiger partial charge in [-0.2, -0.15) is 0 Å². The summed E-state index contributed by atoms with van der Waals surface area (Å²) >= 11 is 0. The number of para-hydroxylation sites is 1. The summed E-state index contributed by atoms with van der Waals surface area (Å²) in [6.07, 6.45) is 4.08. The lowest BCUT2D eigenvalue weighted by molar-refractivity contribution is -0.110. The van der Waals surface area contributed by atoms with Gasteiger partial charge in [0.1, 0.15) is 5.82 Å². The molecule has 2 aliphatic heterocycles. The topological polar surface area (TPSA) is 35.6 Å². The number of carbonyl (C=O) groups excluding carboxylic acids is 1. The maximum atomic E-state index is 13.6. The maximum Gasteiger partial charge on any atom is 0.257 e. The van der Waals surface area contributed by atoms with Crippen LogP contribution in [0.4, 0.5) is 15.8 Å². The molecule has 2 aromatic carbocycles. The van der Waals surface area contributed by atoms with E-state index in [1.54, 1.807) is 6.07 Å². The maximum absolute atomic E-state index is 13.6. The minimum absolute atomic E-state index is 0.198. The second-order valence-corrected chi connectivity index (χ2v) is 6.03. The molecule has 0 unspecified atom stereocenters. The van der Waals surface area contributed by atoms with Gasteiger partial charge in [-0.3, -0.25) is 9.80 Å². The van der Waals surface area contributed by atoms with Gasteiger partial charge in [0, 0.05) is 30.5 Å². The molecule has 5 heteroatoms. The molecule has 0 aliphatic carbocycles. The fraction of sp³-hybridized carbons (Fsp3) is 0.211. The number of anilines is 2. The van der Waals surface area contributed by atoms with Crippen molar-refractivity contribution in [2.75, 3.05) is 23.4 Å². The highest BCUT2D eigenvalue weighted by Crippen LogP contribution is 2.34. The van der Waals surface area contributed by atoms with Gasteiger partial charge in [0.15, 0.2) is 0 Å². The van der Waals surface area contributed by atoms with Gasteiger partial charge in [-0.05, 0) is 43.2 Å². The number of carbonyl (C=O) groups is 1. The van der Waals surface area contributed by atoms with Crippen molar-refractivity contribution < 1.29 is 9.18 Å². The van der Waals surface area contributed by atoms with Gasteiger partial charge in [0.25, 0.3) is 5.91 Å². The van der Waals surface area contributed by atoms with Gasteiger partial charge >= 0.3 is 0 Å². The Hall–Kier alpha value is -2.66. The van der Waals surface area contributed by atoms with E-state index in [-0.39, 0.29) is 11.7 Å². The van der Waals surface area contributed by atoms with Crippen molar-refractivity contribution in [1.82, 2.24) is 5.01 Å². The Balaban J connectivity index is 1.78. The van der Waals surface area contributed by atoms with E-state index in [0.717, 1.165) is 31.6 Å². The first-order chi connectivity index (χ1) is 11.7. The third kappa shape index (κ3) is 2.67. The first-order valence-electron chi connectivity index (χ1n) is 8.14. The van der Waals surface area contributed by atoms with Crippen molar-refractivity contribution in [3.05, 3.63) is 66.1 Å². The number of fused-ring (bicyclic) bond motifs is 1. The monoisotopic (exact) mass is 323 g/mol. The largest absolute Gasteiger partial charge is 0.321 e. The Morgan fingerprint density at radius 2 is 1.83 bits per heavy atom. The highest BCUT2D eigenvalue weighted by atomic mass is 19.1. The minimum atomic E-state index is -0.344. The molecule has 0 aromatic heterocycles. The molecule has 1 fully saturated rings. The molecule has 2 heterocycles. The number of nitrogens with one attached hydrogen (secondary N) is 1. The van der Waals surface area contributed by atoms with Gasteiger partial charge < -0.3 is 5.32 Å². The molecule has 1 amide bonds. The van der Waals surface area contributed by atoms with Crippen molar-refractivity contribution in [3.63, 3.8) is 0 Å². The molecule has 0 bridgehead atoms. The average Bonchev–Trinajstić information content (AvgIpc) is 3.22. The predicted octanol–water partition coefficient (Wildman–Crippen LogP) is 3.64. The summed E-state index contributed by atoms with van der Waals surface area (Å²) in [6.45, 7) is 1.88. The van der Waals surface area contributed by atoms with Crippen LogP contribution in [-0.4, -0.2) is 24.0 Å². The van der Waals surface area contributed by atoms with Crippen LogP contribution in [0, 0.1) is 5.82 Å². The molecule has 0 spiro atoms. The molecule has 2 aliphatic rings. The first-order valence-corrected chi connectivity index (χ1v) is 8.14. The van der Waals surface area contributed by atoms with Crippen molar-refractivity contribution >= 4 is 22.9 Å². The summed E-state index contributed by atoms with van der Waals surface area (Å²) in [5.41, 5.74) is 2.74. The summed E-state index contributed by atoms with van der Waals surface area (Å²) in [4.78, 5) is 12.4. The number of benzene rings is 2. The quantitative estimate of drug-likeness (QED) is 0.876. The number of halogens is 1. The van der Waals surface area contributed by atoms with Crippen LogP contribution in [-0.2, 0) is 4.79 Å². The van der Waals surface area contributed by atoms with Crippen molar-refractivity contribution in [3.8, 4) is 0 Å². The lowest BCUT2D eigenvalue weighted by atomic mass is 10.1. The average molecular weight is 323 g/mol. The molecular formula is C19H18FN3O. The van der Waals surface area contributed by atoms with Crippen molar-refractivity contribution in [2.45, 2.75) is 12.8 Å². The van der Waals surface area contributed by atoms with Crippen LogP contribution in [0.3, 0.4) is 0 Å². The number of hydrazine groups is 1. The molecule has 1 saturated heterocycles. The molecule has 0 saturated carbocycles. The number of rotatable bonds is 3. The Kier molecular flexibility index (Phi) is 3.78. The highest BCUT2D eigenvalue weighted by molar-refractivity contribution is 6.31. The molecule has 122 valence electrons. The predicted molar refractivity (Wildman–Crippen MR) is 92.7 cm³/mol. The fourth-order valence-electron chi connectivity index (χ4n) is 3.23.